The van der Waals surface area contributed by atoms with Gasteiger partial charge in [0, 0.05) is 11.3 Å². The van der Waals surface area contributed by atoms with Gasteiger partial charge in [-0.05, 0) is 66.6 Å². The number of benzene rings is 3. The molecule has 1 fully saturated rings. The summed E-state index contributed by atoms with van der Waals surface area (Å²) < 4.78 is 59.0. The molecule has 180 valence electrons. The SMILES string of the molecule is COc1ccc(C2/C(=C(\O)c3ccc(F)c(C)c3)C(=O)C(=O)N2c2cccc(C(F)(F)F)c2)cc1. The van der Waals surface area contributed by atoms with Crippen LogP contribution in [0.25, 0.3) is 5.76 Å². The molecule has 0 aliphatic carbocycles. The molecule has 1 N–H and O–H groups in total. The molecular weight excluding hydrogens is 466 g/mol. The largest absolute Gasteiger partial charge is 0.507 e. The normalized spacial score (nSPS) is 17.7. The van der Waals surface area contributed by atoms with Gasteiger partial charge in [-0.15, -0.1) is 0 Å². The molecule has 3 aromatic rings. The number of ether oxygens (including phenoxy) is 1. The van der Waals surface area contributed by atoms with Crippen molar-refractivity contribution in [1.29, 1.82) is 0 Å². The maximum absolute atomic E-state index is 13.8. The fourth-order valence-corrected chi connectivity index (χ4v) is 3.98. The Morgan fingerprint density at radius 3 is 2.29 bits per heavy atom. The molecule has 0 saturated carbocycles. The number of methoxy groups -OCH3 is 1. The van der Waals surface area contributed by atoms with Gasteiger partial charge in [-0.1, -0.05) is 18.2 Å². The summed E-state index contributed by atoms with van der Waals surface area (Å²) in [5, 5.41) is 11.1. The summed E-state index contributed by atoms with van der Waals surface area (Å²) in [6, 6.07) is 12.7. The number of alkyl halides is 3. The van der Waals surface area contributed by atoms with Gasteiger partial charge >= 0.3 is 6.18 Å². The van der Waals surface area contributed by atoms with Crippen molar-refractivity contribution in [2.24, 2.45) is 0 Å². The highest BCUT2D eigenvalue weighted by Gasteiger charge is 2.47. The molecule has 0 radical (unpaired) electrons. The lowest BCUT2D eigenvalue weighted by Crippen LogP contribution is -2.29. The van der Waals surface area contributed by atoms with Gasteiger partial charge in [0.25, 0.3) is 11.7 Å². The molecule has 1 saturated heterocycles. The molecule has 35 heavy (non-hydrogen) atoms. The molecule has 3 aromatic carbocycles. The van der Waals surface area contributed by atoms with Crippen LogP contribution < -0.4 is 9.64 Å². The molecule has 1 amide bonds. The molecule has 1 aliphatic rings. The number of aliphatic hydroxyl groups is 1. The Morgan fingerprint density at radius 2 is 1.69 bits per heavy atom. The molecule has 1 aliphatic heterocycles. The Hall–Kier alpha value is -4.14. The lowest BCUT2D eigenvalue weighted by Gasteiger charge is -2.26. The van der Waals surface area contributed by atoms with Crippen LogP contribution in [0.4, 0.5) is 23.2 Å². The number of hydrogen-bond donors (Lipinski definition) is 1. The van der Waals surface area contributed by atoms with Crippen molar-refractivity contribution in [3.63, 3.8) is 0 Å². The first-order valence-corrected chi connectivity index (χ1v) is 10.4. The van der Waals surface area contributed by atoms with Crippen LogP contribution in [0.5, 0.6) is 5.75 Å². The molecular formula is C26H19F4NO4. The first-order valence-electron chi connectivity index (χ1n) is 10.4. The first kappa shape index (κ1) is 24.0. The average Bonchev–Trinajstić information content (AvgIpc) is 3.10. The van der Waals surface area contributed by atoms with Crippen molar-refractivity contribution in [3.8, 4) is 5.75 Å². The maximum atomic E-state index is 13.8. The quantitative estimate of drug-likeness (QED) is 0.220. The van der Waals surface area contributed by atoms with Gasteiger partial charge in [0.1, 0.15) is 17.3 Å². The molecule has 4 rings (SSSR count). The van der Waals surface area contributed by atoms with E-state index in [1.165, 1.54) is 32.2 Å². The van der Waals surface area contributed by atoms with E-state index < -0.39 is 41.0 Å². The number of rotatable bonds is 4. The molecule has 0 spiro atoms. The number of nitrogens with zero attached hydrogens (tertiary/aromatic N) is 1. The third-order valence-electron chi connectivity index (χ3n) is 5.76. The average molecular weight is 485 g/mol. The van der Waals surface area contributed by atoms with E-state index in [-0.39, 0.29) is 22.4 Å². The number of halogens is 4. The summed E-state index contributed by atoms with van der Waals surface area (Å²) >= 11 is 0. The fraction of sp³-hybridized carbons (Fsp3) is 0.154. The van der Waals surface area contributed by atoms with E-state index in [1.807, 2.05) is 0 Å². The van der Waals surface area contributed by atoms with E-state index in [9.17, 15) is 32.3 Å². The van der Waals surface area contributed by atoms with Crippen LogP contribution >= 0.6 is 0 Å². The zero-order valence-corrected chi connectivity index (χ0v) is 18.6. The summed E-state index contributed by atoms with van der Waals surface area (Å²) in [6.07, 6.45) is -4.68. The molecule has 5 nitrogen and oxygen atoms in total. The van der Waals surface area contributed by atoms with Crippen LogP contribution in [0.2, 0.25) is 0 Å². The van der Waals surface area contributed by atoms with Crippen molar-refractivity contribution in [2.75, 3.05) is 12.0 Å². The summed E-state index contributed by atoms with van der Waals surface area (Å²) in [5.74, 6) is -2.81. The van der Waals surface area contributed by atoms with E-state index in [1.54, 1.807) is 24.3 Å². The zero-order chi connectivity index (χ0) is 25.5. The van der Waals surface area contributed by atoms with Crippen molar-refractivity contribution < 1.29 is 37.0 Å². The van der Waals surface area contributed by atoms with Crippen LogP contribution in [0.3, 0.4) is 0 Å². The predicted molar refractivity (Wildman–Crippen MR) is 120 cm³/mol. The monoisotopic (exact) mass is 485 g/mol. The second-order valence-electron chi connectivity index (χ2n) is 7.95. The second kappa shape index (κ2) is 8.90. The molecule has 0 bridgehead atoms. The molecule has 9 heteroatoms. The van der Waals surface area contributed by atoms with Crippen LogP contribution in [-0.2, 0) is 15.8 Å². The van der Waals surface area contributed by atoms with Crippen molar-refractivity contribution in [1.82, 2.24) is 0 Å². The van der Waals surface area contributed by atoms with Gasteiger partial charge in [-0.25, -0.2) is 4.39 Å². The lowest BCUT2D eigenvalue weighted by molar-refractivity contribution is -0.137. The Morgan fingerprint density at radius 1 is 1.00 bits per heavy atom. The Bertz CT molecular complexity index is 1350. The van der Waals surface area contributed by atoms with E-state index >= 15 is 0 Å². The molecule has 1 unspecified atom stereocenters. The number of carbonyl (C=O) groups excluding carboxylic acids is 2. The lowest BCUT2D eigenvalue weighted by atomic mass is 9.94. The topological polar surface area (TPSA) is 66.8 Å². The number of anilines is 1. The van der Waals surface area contributed by atoms with Crippen LogP contribution in [0.1, 0.15) is 28.3 Å². The smallest absolute Gasteiger partial charge is 0.416 e. The van der Waals surface area contributed by atoms with E-state index in [4.69, 9.17) is 4.74 Å². The number of aliphatic hydroxyl groups excluding tert-OH is 1. The minimum absolute atomic E-state index is 0.0875. The fourth-order valence-electron chi connectivity index (χ4n) is 3.98. The number of hydrogen-bond acceptors (Lipinski definition) is 4. The second-order valence-corrected chi connectivity index (χ2v) is 7.95. The van der Waals surface area contributed by atoms with Crippen LogP contribution in [-0.4, -0.2) is 23.9 Å². The van der Waals surface area contributed by atoms with E-state index in [0.717, 1.165) is 29.2 Å². The number of amides is 1. The first-order chi connectivity index (χ1) is 16.5. The predicted octanol–water partition coefficient (Wildman–Crippen LogP) is 5.79. The number of aryl methyl sites for hydroxylation is 1. The number of carbonyl (C=O) groups is 2. The van der Waals surface area contributed by atoms with Crippen LogP contribution in [0.15, 0.2) is 72.3 Å². The Labute approximate surface area is 197 Å². The van der Waals surface area contributed by atoms with Gasteiger partial charge in [-0.3, -0.25) is 14.5 Å². The maximum Gasteiger partial charge on any atom is 0.416 e. The van der Waals surface area contributed by atoms with Crippen molar-refractivity contribution >= 4 is 23.1 Å². The summed E-state index contributed by atoms with van der Waals surface area (Å²) in [6.45, 7) is 1.47. The zero-order valence-electron chi connectivity index (χ0n) is 18.6. The molecule has 1 atom stereocenters. The van der Waals surface area contributed by atoms with Crippen molar-refractivity contribution in [3.05, 3.63) is 100 Å². The highest BCUT2D eigenvalue weighted by molar-refractivity contribution is 6.51. The van der Waals surface area contributed by atoms with Gasteiger partial charge in [0.05, 0.1) is 24.3 Å². The summed E-state index contributed by atoms with van der Waals surface area (Å²) in [5.41, 5.74) is -0.866. The minimum Gasteiger partial charge on any atom is -0.507 e. The van der Waals surface area contributed by atoms with E-state index in [0.29, 0.717) is 11.3 Å². The molecule has 1 heterocycles. The standard InChI is InChI=1S/C26H19F4NO4/c1-14-12-16(8-11-20(14)27)23(32)21-22(15-6-9-19(35-2)10-7-15)31(25(34)24(21)33)18-5-3-4-17(13-18)26(28,29)30/h3-13,22,32H,1-2H3/b23-21+. The minimum atomic E-state index is -4.68. The Balaban J connectivity index is 1.95. The van der Waals surface area contributed by atoms with Gasteiger partial charge in [-0.2, -0.15) is 13.2 Å². The van der Waals surface area contributed by atoms with Crippen molar-refractivity contribution in [2.45, 2.75) is 19.1 Å². The van der Waals surface area contributed by atoms with Gasteiger partial charge in [0.15, 0.2) is 0 Å². The highest BCUT2D eigenvalue weighted by atomic mass is 19.4. The third kappa shape index (κ3) is 4.37. The summed E-state index contributed by atoms with van der Waals surface area (Å²) in [7, 11) is 1.45. The highest BCUT2D eigenvalue weighted by Crippen LogP contribution is 2.43. The number of Topliss-reactive ketones (excluding diaryl/α,β-unsaturated/α-hetero) is 1. The summed E-state index contributed by atoms with van der Waals surface area (Å²) in [4.78, 5) is 27.1. The van der Waals surface area contributed by atoms with Gasteiger partial charge < -0.3 is 9.84 Å². The third-order valence-corrected chi connectivity index (χ3v) is 5.76. The molecule has 0 aromatic heterocycles. The van der Waals surface area contributed by atoms with E-state index in [2.05, 4.69) is 0 Å². The van der Waals surface area contributed by atoms with Crippen LogP contribution in [0, 0.1) is 12.7 Å². The number of ketones is 1. The Kier molecular flexibility index (Phi) is 6.10. The van der Waals surface area contributed by atoms with Gasteiger partial charge in [0.2, 0.25) is 0 Å².